The summed E-state index contributed by atoms with van der Waals surface area (Å²) in [5, 5.41) is 0. The zero-order valence-electron chi connectivity index (χ0n) is 10.5. The summed E-state index contributed by atoms with van der Waals surface area (Å²) in [6.07, 6.45) is 2.69. The Morgan fingerprint density at radius 2 is 2.35 bits per heavy atom. The summed E-state index contributed by atoms with van der Waals surface area (Å²) in [5.74, 6) is 0.0158. The van der Waals surface area contributed by atoms with Gasteiger partial charge in [-0.05, 0) is 35.3 Å². The second-order valence-electron chi connectivity index (χ2n) is 3.98. The van der Waals surface area contributed by atoms with Gasteiger partial charge in [-0.3, -0.25) is 4.79 Å². The molecule has 1 unspecified atom stereocenters. The van der Waals surface area contributed by atoms with Gasteiger partial charge in [0.15, 0.2) is 0 Å². The second-order valence-corrected chi connectivity index (χ2v) is 4.90. The molecule has 0 fully saturated rings. The molecule has 1 heterocycles. The van der Waals surface area contributed by atoms with Gasteiger partial charge in [0.1, 0.15) is 5.69 Å². The van der Waals surface area contributed by atoms with Crippen LogP contribution in [0.25, 0.3) is 0 Å². The van der Waals surface area contributed by atoms with E-state index in [4.69, 9.17) is 4.74 Å². The molecule has 5 heteroatoms. The molecule has 0 aliphatic heterocycles. The van der Waals surface area contributed by atoms with Crippen molar-refractivity contribution in [3.63, 3.8) is 0 Å². The molecule has 1 rings (SSSR count). The van der Waals surface area contributed by atoms with Crippen molar-refractivity contribution >= 4 is 21.8 Å². The number of carbonyl (C=O) groups excluding carboxylic acids is 1. The maximum atomic E-state index is 12.3. The van der Waals surface area contributed by atoms with Crippen LogP contribution >= 0.6 is 15.9 Å². The van der Waals surface area contributed by atoms with Crippen molar-refractivity contribution in [2.75, 3.05) is 20.3 Å². The van der Waals surface area contributed by atoms with Gasteiger partial charge in [0.25, 0.3) is 5.91 Å². The Kier molecular flexibility index (Phi) is 5.71. The third-order valence-corrected chi connectivity index (χ3v) is 3.26. The molecule has 1 N–H and O–H groups in total. The second kappa shape index (κ2) is 6.81. The molecule has 0 aliphatic carbocycles. The lowest BCUT2D eigenvalue weighted by molar-refractivity contribution is 0.0609. The molecule has 17 heavy (non-hydrogen) atoms. The van der Waals surface area contributed by atoms with Crippen LogP contribution in [0.15, 0.2) is 16.7 Å². The number of aromatic amines is 1. The molecule has 4 nitrogen and oxygen atoms in total. The van der Waals surface area contributed by atoms with Crippen LogP contribution in [0.4, 0.5) is 0 Å². The van der Waals surface area contributed by atoms with Gasteiger partial charge in [0.05, 0.1) is 6.61 Å². The van der Waals surface area contributed by atoms with Crippen LogP contribution in [0.1, 0.15) is 30.8 Å². The zero-order valence-corrected chi connectivity index (χ0v) is 12.1. The molecular formula is C12H19BrN2O2. The lowest BCUT2D eigenvalue weighted by Gasteiger charge is -2.27. The third kappa shape index (κ3) is 3.85. The highest BCUT2D eigenvalue weighted by Crippen LogP contribution is 2.14. The van der Waals surface area contributed by atoms with E-state index in [1.165, 1.54) is 0 Å². The number of H-pyrrole nitrogens is 1. The Morgan fingerprint density at radius 3 is 2.82 bits per heavy atom. The Balaban J connectivity index is 2.78. The van der Waals surface area contributed by atoms with E-state index in [2.05, 4.69) is 27.8 Å². The predicted octanol–water partition coefficient (Wildman–Crippen LogP) is 2.66. The standard InChI is InChI=1S/C12H19BrN2O2/c1-4-9(2)15(5-6-17-3)12(16)11-7-10(13)8-14-11/h7-9,14H,4-6H2,1-3H3. The number of nitrogens with zero attached hydrogens (tertiary/aromatic N) is 1. The summed E-state index contributed by atoms with van der Waals surface area (Å²) < 4.78 is 5.93. The van der Waals surface area contributed by atoms with E-state index in [0.29, 0.717) is 18.8 Å². The number of aromatic nitrogens is 1. The van der Waals surface area contributed by atoms with Gasteiger partial charge in [0, 0.05) is 30.4 Å². The smallest absolute Gasteiger partial charge is 0.270 e. The Labute approximate surface area is 110 Å². The van der Waals surface area contributed by atoms with Gasteiger partial charge in [-0.25, -0.2) is 0 Å². The molecule has 0 spiro atoms. The van der Waals surface area contributed by atoms with Crippen molar-refractivity contribution in [3.05, 3.63) is 22.4 Å². The monoisotopic (exact) mass is 302 g/mol. The summed E-state index contributed by atoms with van der Waals surface area (Å²) in [7, 11) is 1.64. The maximum Gasteiger partial charge on any atom is 0.270 e. The van der Waals surface area contributed by atoms with E-state index in [1.54, 1.807) is 19.4 Å². The number of carbonyl (C=O) groups is 1. The predicted molar refractivity (Wildman–Crippen MR) is 71.2 cm³/mol. The van der Waals surface area contributed by atoms with Crippen molar-refractivity contribution in [2.24, 2.45) is 0 Å². The van der Waals surface area contributed by atoms with Gasteiger partial charge in [-0.15, -0.1) is 0 Å². The van der Waals surface area contributed by atoms with Crippen LogP contribution < -0.4 is 0 Å². The fraction of sp³-hybridized carbons (Fsp3) is 0.583. The normalized spacial score (nSPS) is 12.5. The number of ether oxygens (including phenoxy) is 1. The molecule has 0 bridgehead atoms. The summed E-state index contributed by atoms with van der Waals surface area (Å²) in [6.45, 7) is 5.28. The van der Waals surface area contributed by atoms with E-state index in [-0.39, 0.29) is 11.9 Å². The SMILES string of the molecule is CCC(C)N(CCOC)C(=O)c1cc(Br)c[nH]1. The van der Waals surface area contributed by atoms with Gasteiger partial charge in [0.2, 0.25) is 0 Å². The van der Waals surface area contributed by atoms with Crippen LogP contribution in [-0.4, -0.2) is 42.1 Å². The first-order valence-corrected chi connectivity index (χ1v) is 6.53. The molecule has 0 aliphatic rings. The first-order valence-electron chi connectivity index (χ1n) is 5.74. The summed E-state index contributed by atoms with van der Waals surface area (Å²) >= 11 is 3.33. The topological polar surface area (TPSA) is 45.3 Å². The Morgan fingerprint density at radius 1 is 1.65 bits per heavy atom. The lowest BCUT2D eigenvalue weighted by Crippen LogP contribution is -2.40. The van der Waals surface area contributed by atoms with Crippen molar-refractivity contribution in [1.29, 1.82) is 0 Å². The molecule has 0 radical (unpaired) electrons. The number of nitrogens with one attached hydrogen (secondary N) is 1. The summed E-state index contributed by atoms with van der Waals surface area (Å²) in [4.78, 5) is 17.1. The molecule has 1 aromatic rings. The van der Waals surface area contributed by atoms with Gasteiger partial charge in [-0.1, -0.05) is 6.92 Å². The van der Waals surface area contributed by atoms with Gasteiger partial charge < -0.3 is 14.6 Å². The maximum absolute atomic E-state index is 12.3. The fourth-order valence-corrected chi connectivity index (χ4v) is 1.92. The van der Waals surface area contributed by atoms with Crippen LogP contribution in [0.5, 0.6) is 0 Å². The molecule has 0 saturated heterocycles. The highest BCUT2D eigenvalue weighted by Gasteiger charge is 2.21. The fourth-order valence-electron chi connectivity index (χ4n) is 1.58. The van der Waals surface area contributed by atoms with Crippen LogP contribution in [0.3, 0.4) is 0 Å². The largest absolute Gasteiger partial charge is 0.383 e. The van der Waals surface area contributed by atoms with E-state index in [9.17, 15) is 4.79 Å². The van der Waals surface area contributed by atoms with Crippen molar-refractivity contribution in [1.82, 2.24) is 9.88 Å². The number of hydrogen-bond acceptors (Lipinski definition) is 2. The average Bonchev–Trinajstić information content (AvgIpc) is 2.75. The van der Waals surface area contributed by atoms with Crippen LogP contribution in [-0.2, 0) is 4.74 Å². The Hall–Kier alpha value is -0.810. The molecule has 96 valence electrons. The first-order chi connectivity index (χ1) is 8.10. The zero-order chi connectivity index (χ0) is 12.8. The average molecular weight is 303 g/mol. The van der Waals surface area contributed by atoms with Crippen molar-refractivity contribution in [2.45, 2.75) is 26.3 Å². The number of rotatable bonds is 6. The molecular weight excluding hydrogens is 284 g/mol. The van der Waals surface area contributed by atoms with E-state index in [0.717, 1.165) is 10.9 Å². The number of hydrogen-bond donors (Lipinski definition) is 1. The quantitative estimate of drug-likeness (QED) is 0.878. The van der Waals surface area contributed by atoms with E-state index < -0.39 is 0 Å². The van der Waals surface area contributed by atoms with Gasteiger partial charge >= 0.3 is 0 Å². The molecule has 1 atom stereocenters. The highest BCUT2D eigenvalue weighted by atomic mass is 79.9. The first kappa shape index (κ1) is 14.3. The molecule has 1 amide bonds. The van der Waals surface area contributed by atoms with Crippen molar-refractivity contribution in [3.8, 4) is 0 Å². The van der Waals surface area contributed by atoms with Gasteiger partial charge in [-0.2, -0.15) is 0 Å². The lowest BCUT2D eigenvalue weighted by atomic mass is 10.2. The molecule has 0 aromatic carbocycles. The van der Waals surface area contributed by atoms with Crippen LogP contribution in [0, 0.1) is 0 Å². The number of methoxy groups -OCH3 is 1. The van der Waals surface area contributed by atoms with Crippen molar-refractivity contribution < 1.29 is 9.53 Å². The summed E-state index contributed by atoms with van der Waals surface area (Å²) in [5.41, 5.74) is 0.605. The third-order valence-electron chi connectivity index (χ3n) is 2.80. The molecule has 0 saturated carbocycles. The van der Waals surface area contributed by atoms with Crippen LogP contribution in [0.2, 0.25) is 0 Å². The minimum absolute atomic E-state index is 0.0158. The molecule has 1 aromatic heterocycles. The Bertz CT molecular complexity index is 365. The summed E-state index contributed by atoms with van der Waals surface area (Å²) in [6, 6.07) is 2.00. The number of amides is 1. The number of halogens is 1. The van der Waals surface area contributed by atoms with E-state index in [1.807, 2.05) is 11.8 Å². The highest BCUT2D eigenvalue weighted by molar-refractivity contribution is 9.10. The van der Waals surface area contributed by atoms with E-state index >= 15 is 0 Å². The minimum atomic E-state index is 0.0158. The minimum Gasteiger partial charge on any atom is -0.383 e.